The topological polar surface area (TPSA) is 86.8 Å². The van der Waals surface area contributed by atoms with Gasteiger partial charge in [0.25, 0.3) is 5.91 Å². The van der Waals surface area contributed by atoms with Crippen LogP contribution in [-0.2, 0) is 0 Å². The first-order chi connectivity index (χ1) is 16.0. The third-order valence-corrected chi connectivity index (χ3v) is 5.32. The minimum atomic E-state index is -0.384. The van der Waals surface area contributed by atoms with Crippen LogP contribution >= 0.6 is 0 Å². The van der Waals surface area contributed by atoms with Crippen molar-refractivity contribution in [2.45, 2.75) is 0 Å². The number of halogens is 1. The van der Waals surface area contributed by atoms with E-state index in [1.54, 1.807) is 48.5 Å². The van der Waals surface area contributed by atoms with Gasteiger partial charge in [-0.05, 0) is 48.5 Å². The number of benzene rings is 2. The largest absolute Gasteiger partial charge is 0.497 e. The quantitative estimate of drug-likeness (QED) is 0.618. The molecule has 0 bridgehead atoms. The number of anilines is 3. The number of ether oxygens (including phenoxy) is 1. The van der Waals surface area contributed by atoms with Gasteiger partial charge in [-0.25, -0.2) is 14.2 Å². The van der Waals surface area contributed by atoms with Gasteiger partial charge >= 0.3 is 6.03 Å². The molecule has 0 unspecified atom stereocenters. The fourth-order valence-corrected chi connectivity index (χ4v) is 3.56. The van der Waals surface area contributed by atoms with E-state index in [1.165, 1.54) is 24.3 Å². The molecular weight excluding hydrogens is 425 g/mol. The summed E-state index contributed by atoms with van der Waals surface area (Å²) in [5, 5.41) is 5.50. The number of nitrogens with one attached hydrogen (secondary N) is 2. The van der Waals surface area contributed by atoms with Crippen molar-refractivity contribution >= 4 is 29.1 Å². The molecule has 0 spiro atoms. The second kappa shape index (κ2) is 9.99. The molecule has 1 saturated heterocycles. The Balaban J connectivity index is 1.29. The lowest BCUT2D eigenvalue weighted by atomic mass is 10.2. The molecule has 1 aliphatic rings. The normalized spacial score (nSPS) is 13.4. The maximum absolute atomic E-state index is 13.1. The summed E-state index contributed by atoms with van der Waals surface area (Å²) in [5.41, 5.74) is 1.65. The van der Waals surface area contributed by atoms with E-state index < -0.39 is 0 Å². The summed E-state index contributed by atoms with van der Waals surface area (Å²) >= 11 is 0. The molecule has 0 atom stereocenters. The Morgan fingerprint density at radius 3 is 2.33 bits per heavy atom. The number of methoxy groups -OCH3 is 1. The minimum absolute atomic E-state index is 0.107. The van der Waals surface area contributed by atoms with Crippen LogP contribution in [0.15, 0.2) is 66.9 Å². The van der Waals surface area contributed by atoms with Crippen molar-refractivity contribution in [3.05, 3.63) is 78.2 Å². The van der Waals surface area contributed by atoms with Crippen LogP contribution in [0.25, 0.3) is 0 Å². The van der Waals surface area contributed by atoms with Gasteiger partial charge in [0.15, 0.2) is 0 Å². The molecular formula is C24H24FN5O3. The number of aromatic nitrogens is 1. The van der Waals surface area contributed by atoms with E-state index in [1.807, 2.05) is 6.07 Å². The summed E-state index contributed by atoms with van der Waals surface area (Å²) < 4.78 is 18.2. The predicted molar refractivity (Wildman–Crippen MR) is 124 cm³/mol. The average molecular weight is 449 g/mol. The number of rotatable bonds is 5. The van der Waals surface area contributed by atoms with Gasteiger partial charge in [0.05, 0.1) is 19.0 Å². The SMILES string of the molecule is COc1cccc(NC(=O)Nc2ccc(N3CCN(C(=O)c4ccc(F)cc4)CC3)nc2)c1. The molecule has 4 rings (SSSR count). The average Bonchev–Trinajstić information content (AvgIpc) is 2.85. The van der Waals surface area contributed by atoms with Gasteiger partial charge in [-0.15, -0.1) is 0 Å². The molecule has 1 aromatic heterocycles. The van der Waals surface area contributed by atoms with Crippen LogP contribution in [0, 0.1) is 5.82 Å². The van der Waals surface area contributed by atoms with Crippen molar-refractivity contribution in [3.8, 4) is 5.75 Å². The molecule has 0 radical (unpaired) electrons. The Labute approximate surface area is 191 Å². The molecule has 8 nitrogen and oxygen atoms in total. The number of hydrogen-bond donors (Lipinski definition) is 2. The lowest BCUT2D eigenvalue weighted by molar-refractivity contribution is 0.0746. The summed E-state index contributed by atoms with van der Waals surface area (Å²) in [4.78, 5) is 33.1. The highest BCUT2D eigenvalue weighted by molar-refractivity contribution is 5.99. The Kier molecular flexibility index (Phi) is 6.68. The number of piperazine rings is 1. The van der Waals surface area contributed by atoms with Crippen LogP contribution < -0.4 is 20.3 Å². The van der Waals surface area contributed by atoms with Crippen LogP contribution in [-0.4, -0.2) is 55.1 Å². The molecule has 0 saturated carbocycles. The molecule has 3 amide bonds. The molecule has 3 aromatic rings. The fourth-order valence-electron chi connectivity index (χ4n) is 3.56. The number of nitrogens with zero attached hydrogens (tertiary/aromatic N) is 3. The molecule has 1 aliphatic heterocycles. The van der Waals surface area contributed by atoms with E-state index in [0.717, 1.165) is 5.82 Å². The molecule has 170 valence electrons. The van der Waals surface area contributed by atoms with Crippen molar-refractivity contribution < 1.29 is 18.7 Å². The van der Waals surface area contributed by atoms with Crippen molar-refractivity contribution in [2.24, 2.45) is 0 Å². The molecule has 9 heteroatoms. The molecule has 0 aliphatic carbocycles. The van der Waals surface area contributed by atoms with E-state index in [-0.39, 0.29) is 17.8 Å². The first kappa shape index (κ1) is 22.1. The summed E-state index contributed by atoms with van der Waals surface area (Å²) in [6.45, 7) is 2.34. The highest BCUT2D eigenvalue weighted by atomic mass is 19.1. The number of urea groups is 1. The van der Waals surface area contributed by atoms with Gasteiger partial charge in [0, 0.05) is 43.5 Å². The van der Waals surface area contributed by atoms with Crippen molar-refractivity contribution in [2.75, 3.05) is 48.8 Å². The van der Waals surface area contributed by atoms with Crippen molar-refractivity contribution in [3.63, 3.8) is 0 Å². The van der Waals surface area contributed by atoms with Crippen LogP contribution in [0.4, 0.5) is 26.4 Å². The Hall–Kier alpha value is -4.14. The van der Waals surface area contributed by atoms with Gasteiger partial charge in [0.2, 0.25) is 0 Å². The Bertz CT molecular complexity index is 1110. The van der Waals surface area contributed by atoms with Gasteiger partial charge in [-0.3, -0.25) is 4.79 Å². The highest BCUT2D eigenvalue weighted by Crippen LogP contribution is 2.19. The lowest BCUT2D eigenvalue weighted by Gasteiger charge is -2.35. The minimum Gasteiger partial charge on any atom is -0.497 e. The van der Waals surface area contributed by atoms with Crippen LogP contribution in [0.1, 0.15) is 10.4 Å². The first-order valence-electron chi connectivity index (χ1n) is 10.5. The first-order valence-corrected chi connectivity index (χ1v) is 10.5. The highest BCUT2D eigenvalue weighted by Gasteiger charge is 2.23. The van der Waals surface area contributed by atoms with Gasteiger partial charge < -0.3 is 25.2 Å². The standard InChI is InChI=1S/C24H24FN5O3/c1-33-21-4-2-3-19(15-21)27-24(32)28-20-9-10-22(26-16-20)29-11-13-30(14-12-29)23(31)17-5-7-18(25)8-6-17/h2-10,15-16H,11-14H2,1H3,(H2,27,28,32). The monoisotopic (exact) mass is 449 g/mol. The zero-order valence-corrected chi connectivity index (χ0v) is 18.1. The lowest BCUT2D eigenvalue weighted by Crippen LogP contribution is -2.49. The maximum atomic E-state index is 13.1. The summed E-state index contributed by atoms with van der Waals surface area (Å²) in [6.07, 6.45) is 1.59. The van der Waals surface area contributed by atoms with E-state index in [4.69, 9.17) is 4.74 Å². The number of carbonyl (C=O) groups is 2. The Morgan fingerprint density at radius 2 is 1.67 bits per heavy atom. The van der Waals surface area contributed by atoms with Crippen LogP contribution in [0.5, 0.6) is 5.75 Å². The van der Waals surface area contributed by atoms with E-state index in [2.05, 4.69) is 20.5 Å². The number of carbonyl (C=O) groups excluding carboxylic acids is 2. The van der Waals surface area contributed by atoms with Gasteiger partial charge in [0.1, 0.15) is 17.4 Å². The zero-order chi connectivity index (χ0) is 23.2. The second-order valence-corrected chi connectivity index (χ2v) is 7.50. The second-order valence-electron chi connectivity index (χ2n) is 7.50. The third kappa shape index (κ3) is 5.57. The summed E-state index contributed by atoms with van der Waals surface area (Å²) in [5.74, 6) is 0.947. The molecule has 2 heterocycles. The van der Waals surface area contributed by atoms with E-state index in [0.29, 0.717) is 48.9 Å². The van der Waals surface area contributed by atoms with E-state index >= 15 is 0 Å². The summed E-state index contributed by atoms with van der Waals surface area (Å²) in [6, 6.07) is 15.9. The maximum Gasteiger partial charge on any atom is 0.323 e. The molecule has 1 fully saturated rings. The summed E-state index contributed by atoms with van der Waals surface area (Å²) in [7, 11) is 1.57. The smallest absolute Gasteiger partial charge is 0.323 e. The fraction of sp³-hybridized carbons (Fsp3) is 0.208. The van der Waals surface area contributed by atoms with Gasteiger partial charge in [-0.1, -0.05) is 6.07 Å². The molecule has 2 N–H and O–H groups in total. The van der Waals surface area contributed by atoms with E-state index in [9.17, 15) is 14.0 Å². The molecule has 33 heavy (non-hydrogen) atoms. The zero-order valence-electron chi connectivity index (χ0n) is 18.1. The Morgan fingerprint density at radius 1 is 0.939 bits per heavy atom. The number of pyridine rings is 1. The van der Waals surface area contributed by atoms with Crippen LogP contribution in [0.3, 0.4) is 0 Å². The van der Waals surface area contributed by atoms with Gasteiger partial charge in [-0.2, -0.15) is 0 Å². The number of amides is 3. The van der Waals surface area contributed by atoms with Crippen LogP contribution in [0.2, 0.25) is 0 Å². The third-order valence-electron chi connectivity index (χ3n) is 5.32. The predicted octanol–water partition coefficient (Wildman–Crippen LogP) is 3.84. The van der Waals surface area contributed by atoms with Crippen molar-refractivity contribution in [1.29, 1.82) is 0 Å². The van der Waals surface area contributed by atoms with Crippen molar-refractivity contribution in [1.82, 2.24) is 9.88 Å². The molecule has 2 aromatic carbocycles. The number of hydrogen-bond acceptors (Lipinski definition) is 5.